The highest BCUT2D eigenvalue weighted by Gasteiger charge is 2.31. The quantitative estimate of drug-likeness (QED) is 0.810. The lowest BCUT2D eigenvalue weighted by Gasteiger charge is -2.15. The van der Waals surface area contributed by atoms with E-state index in [1.54, 1.807) is 19.9 Å². The number of alkyl halides is 3. The maximum absolute atomic E-state index is 12.8. The van der Waals surface area contributed by atoms with Gasteiger partial charge >= 0.3 is 6.18 Å². The van der Waals surface area contributed by atoms with Crippen LogP contribution in [-0.2, 0) is 16.2 Å². The summed E-state index contributed by atoms with van der Waals surface area (Å²) < 4.78 is 65.6. The zero-order valence-corrected chi connectivity index (χ0v) is 14.7. The van der Waals surface area contributed by atoms with Crippen LogP contribution in [0.5, 0.6) is 0 Å². The van der Waals surface area contributed by atoms with Crippen molar-refractivity contribution in [3.8, 4) is 0 Å². The Morgan fingerprint density at radius 2 is 1.54 bits per heavy atom. The highest BCUT2D eigenvalue weighted by molar-refractivity contribution is 7.92. The van der Waals surface area contributed by atoms with Crippen LogP contribution in [0.2, 0.25) is 5.02 Å². The second kappa shape index (κ2) is 6.29. The molecule has 0 amide bonds. The van der Waals surface area contributed by atoms with E-state index in [2.05, 4.69) is 4.72 Å². The zero-order chi connectivity index (χ0) is 18.3. The van der Waals surface area contributed by atoms with Gasteiger partial charge in [0.15, 0.2) is 0 Å². The molecule has 1 N–H and O–H groups in total. The molecule has 0 spiro atoms. The molecule has 3 nitrogen and oxygen atoms in total. The van der Waals surface area contributed by atoms with Gasteiger partial charge in [-0.3, -0.25) is 4.72 Å². The maximum Gasteiger partial charge on any atom is 0.416 e. The predicted octanol–water partition coefficient (Wildman–Crippen LogP) is 5.08. The Labute approximate surface area is 143 Å². The van der Waals surface area contributed by atoms with Crippen LogP contribution in [0, 0.1) is 20.8 Å². The molecule has 0 aliphatic carbocycles. The molecule has 0 atom stereocenters. The molecule has 2 rings (SSSR count). The molecule has 0 saturated heterocycles. The topological polar surface area (TPSA) is 46.2 Å². The molecule has 0 heterocycles. The molecule has 0 aromatic heterocycles. The summed E-state index contributed by atoms with van der Waals surface area (Å²) in [5.74, 6) is 0. The number of benzene rings is 2. The van der Waals surface area contributed by atoms with Crippen molar-refractivity contribution >= 4 is 27.3 Å². The first-order chi connectivity index (χ1) is 10.9. The highest BCUT2D eigenvalue weighted by atomic mass is 35.5. The van der Waals surface area contributed by atoms with Crippen LogP contribution in [0.4, 0.5) is 18.9 Å². The first-order valence-electron chi connectivity index (χ1n) is 6.89. The number of rotatable bonds is 3. The van der Waals surface area contributed by atoms with Gasteiger partial charge in [-0.2, -0.15) is 13.2 Å². The Bertz CT molecular complexity index is 893. The lowest BCUT2D eigenvalue weighted by molar-refractivity contribution is -0.137. The SMILES string of the molecule is Cc1cc(C)c(S(=O)(=O)Nc2cc(C(F)(F)F)ccc2Cl)cc1C. The zero-order valence-electron chi connectivity index (χ0n) is 13.1. The van der Waals surface area contributed by atoms with Gasteiger partial charge in [0.05, 0.1) is 21.2 Å². The Morgan fingerprint density at radius 1 is 0.958 bits per heavy atom. The van der Waals surface area contributed by atoms with Crippen LogP contribution in [0.3, 0.4) is 0 Å². The molecule has 130 valence electrons. The van der Waals surface area contributed by atoms with Crippen molar-refractivity contribution in [2.24, 2.45) is 0 Å². The van der Waals surface area contributed by atoms with Crippen LogP contribution >= 0.6 is 11.6 Å². The van der Waals surface area contributed by atoms with E-state index in [1.165, 1.54) is 6.07 Å². The fourth-order valence-electron chi connectivity index (χ4n) is 2.20. The van der Waals surface area contributed by atoms with E-state index in [4.69, 9.17) is 11.6 Å². The normalized spacial score (nSPS) is 12.3. The summed E-state index contributed by atoms with van der Waals surface area (Å²) in [6, 6.07) is 5.67. The molecule has 0 radical (unpaired) electrons. The number of anilines is 1. The highest BCUT2D eigenvalue weighted by Crippen LogP contribution is 2.35. The van der Waals surface area contributed by atoms with Crippen molar-refractivity contribution in [3.05, 3.63) is 57.6 Å². The molecular weight excluding hydrogens is 363 g/mol. The largest absolute Gasteiger partial charge is 0.416 e. The Morgan fingerprint density at radius 3 is 2.12 bits per heavy atom. The molecule has 24 heavy (non-hydrogen) atoms. The van der Waals surface area contributed by atoms with Crippen LogP contribution in [0.1, 0.15) is 22.3 Å². The first-order valence-corrected chi connectivity index (χ1v) is 8.75. The van der Waals surface area contributed by atoms with E-state index in [-0.39, 0.29) is 15.6 Å². The van der Waals surface area contributed by atoms with Crippen LogP contribution in [-0.4, -0.2) is 8.42 Å². The van der Waals surface area contributed by atoms with E-state index >= 15 is 0 Å². The van der Waals surface area contributed by atoms with Gasteiger partial charge in [0.25, 0.3) is 10.0 Å². The monoisotopic (exact) mass is 377 g/mol. The van der Waals surface area contributed by atoms with Crippen molar-refractivity contribution in [3.63, 3.8) is 0 Å². The number of halogens is 4. The van der Waals surface area contributed by atoms with Crippen LogP contribution in [0.25, 0.3) is 0 Å². The molecule has 0 unspecified atom stereocenters. The number of hydrogen-bond donors (Lipinski definition) is 1. The van der Waals surface area contributed by atoms with E-state index in [0.29, 0.717) is 11.6 Å². The third kappa shape index (κ3) is 3.84. The molecule has 2 aromatic carbocycles. The van der Waals surface area contributed by atoms with Crippen LogP contribution in [0.15, 0.2) is 35.2 Å². The molecular formula is C16H15ClF3NO2S. The van der Waals surface area contributed by atoms with E-state index in [0.717, 1.165) is 23.3 Å². The Kier molecular flexibility index (Phi) is 4.88. The van der Waals surface area contributed by atoms with E-state index in [9.17, 15) is 21.6 Å². The van der Waals surface area contributed by atoms with Crippen molar-refractivity contribution in [2.45, 2.75) is 31.8 Å². The molecule has 0 fully saturated rings. The number of hydrogen-bond acceptors (Lipinski definition) is 2. The lowest BCUT2D eigenvalue weighted by atomic mass is 10.1. The van der Waals surface area contributed by atoms with Crippen LogP contribution < -0.4 is 4.72 Å². The average Bonchev–Trinajstić information content (AvgIpc) is 2.43. The third-order valence-corrected chi connectivity index (χ3v) is 5.46. The third-order valence-electron chi connectivity index (χ3n) is 3.62. The van der Waals surface area contributed by atoms with Crippen molar-refractivity contribution in [2.75, 3.05) is 4.72 Å². The smallest absolute Gasteiger partial charge is 0.278 e. The van der Waals surface area contributed by atoms with Gasteiger partial charge in [-0.25, -0.2) is 8.42 Å². The number of aryl methyl sites for hydroxylation is 3. The van der Waals surface area contributed by atoms with E-state index in [1.807, 2.05) is 6.92 Å². The molecule has 8 heteroatoms. The summed E-state index contributed by atoms with van der Waals surface area (Å²) in [6.07, 6.45) is -4.60. The minimum atomic E-state index is -4.60. The summed E-state index contributed by atoms with van der Waals surface area (Å²) in [5.41, 5.74) is 0.874. The molecule has 0 bridgehead atoms. The lowest BCUT2D eigenvalue weighted by Crippen LogP contribution is -2.16. The first kappa shape index (κ1) is 18.6. The number of nitrogens with one attached hydrogen (secondary N) is 1. The van der Waals surface area contributed by atoms with Gasteiger partial charge < -0.3 is 0 Å². The second-order valence-corrected chi connectivity index (χ2v) is 7.56. The van der Waals surface area contributed by atoms with Gasteiger partial charge in [-0.1, -0.05) is 17.7 Å². The van der Waals surface area contributed by atoms with E-state index < -0.39 is 21.8 Å². The fourth-order valence-corrected chi connectivity index (χ4v) is 3.81. The molecule has 2 aromatic rings. The summed E-state index contributed by atoms with van der Waals surface area (Å²) in [7, 11) is -4.07. The molecule has 0 saturated carbocycles. The Balaban J connectivity index is 2.49. The van der Waals surface area contributed by atoms with Gasteiger partial charge in [-0.15, -0.1) is 0 Å². The maximum atomic E-state index is 12.8. The summed E-state index contributed by atoms with van der Waals surface area (Å²) in [4.78, 5) is -0.000853. The summed E-state index contributed by atoms with van der Waals surface area (Å²) in [6.45, 7) is 5.22. The van der Waals surface area contributed by atoms with Crippen molar-refractivity contribution in [1.29, 1.82) is 0 Å². The second-order valence-electron chi connectivity index (χ2n) is 5.50. The number of sulfonamides is 1. The van der Waals surface area contributed by atoms with Gasteiger partial charge in [0.2, 0.25) is 0 Å². The van der Waals surface area contributed by atoms with Gasteiger partial charge in [0.1, 0.15) is 0 Å². The standard InChI is InChI=1S/C16H15ClF3NO2S/c1-9-6-11(3)15(7-10(9)2)24(22,23)21-14-8-12(16(18,19)20)4-5-13(14)17/h4-8,21H,1-3H3. The van der Waals surface area contributed by atoms with Gasteiger partial charge in [0, 0.05) is 0 Å². The summed E-state index contributed by atoms with van der Waals surface area (Å²) >= 11 is 5.84. The van der Waals surface area contributed by atoms with Crippen molar-refractivity contribution in [1.82, 2.24) is 0 Å². The predicted molar refractivity (Wildman–Crippen MR) is 87.9 cm³/mol. The fraction of sp³-hybridized carbons (Fsp3) is 0.250. The Hall–Kier alpha value is -1.73. The average molecular weight is 378 g/mol. The minimum absolute atomic E-state index is 0.000853. The molecule has 0 aliphatic heterocycles. The molecule has 0 aliphatic rings. The summed E-state index contributed by atoms with van der Waals surface area (Å²) in [5, 5.41) is -0.118. The minimum Gasteiger partial charge on any atom is -0.278 e. The van der Waals surface area contributed by atoms with Gasteiger partial charge in [-0.05, 0) is 61.7 Å². The van der Waals surface area contributed by atoms with Crippen molar-refractivity contribution < 1.29 is 21.6 Å².